The average molecular weight is 274 g/mol. The van der Waals surface area contributed by atoms with E-state index in [4.69, 9.17) is 5.26 Å². The van der Waals surface area contributed by atoms with Crippen LogP contribution in [0.15, 0.2) is 6.33 Å². The van der Waals surface area contributed by atoms with Crippen LogP contribution in [0.25, 0.3) is 0 Å². The summed E-state index contributed by atoms with van der Waals surface area (Å²) >= 11 is 0. The number of nitriles is 1. The van der Waals surface area contributed by atoms with Crippen molar-refractivity contribution < 1.29 is 4.79 Å². The first-order valence-electron chi connectivity index (χ1n) is 7.07. The number of carbonyl (C=O) groups is 1. The Kier molecular flexibility index (Phi) is 3.65. The molecule has 0 bridgehead atoms. The highest BCUT2D eigenvalue weighted by Crippen LogP contribution is 2.21. The smallest absolute Gasteiger partial charge is 0.252 e. The van der Waals surface area contributed by atoms with Gasteiger partial charge in [-0.1, -0.05) is 6.42 Å². The van der Waals surface area contributed by atoms with E-state index in [1.54, 1.807) is 0 Å². The Morgan fingerprint density at radius 3 is 3.10 bits per heavy atom. The molecule has 0 spiro atoms. The van der Waals surface area contributed by atoms with Gasteiger partial charge in [0.1, 0.15) is 18.9 Å². The van der Waals surface area contributed by atoms with Gasteiger partial charge in [0, 0.05) is 25.7 Å². The van der Waals surface area contributed by atoms with E-state index in [0.29, 0.717) is 6.04 Å². The van der Waals surface area contributed by atoms with Crippen molar-refractivity contribution in [1.29, 1.82) is 5.26 Å². The molecule has 1 aromatic heterocycles. The molecule has 2 saturated heterocycles. The van der Waals surface area contributed by atoms with Crippen LogP contribution in [0.3, 0.4) is 0 Å². The highest BCUT2D eigenvalue weighted by atomic mass is 16.2. The first-order valence-corrected chi connectivity index (χ1v) is 7.07. The molecule has 3 rings (SSSR count). The summed E-state index contributed by atoms with van der Waals surface area (Å²) in [5.41, 5.74) is 0. The van der Waals surface area contributed by atoms with E-state index >= 15 is 0 Å². The molecule has 3 heterocycles. The lowest BCUT2D eigenvalue weighted by molar-refractivity contribution is -0.135. The van der Waals surface area contributed by atoms with Crippen LogP contribution in [0.1, 0.15) is 25.1 Å². The molecule has 106 valence electrons. The molecule has 0 aliphatic carbocycles. The predicted molar refractivity (Wildman–Crippen MR) is 70.5 cm³/mol. The van der Waals surface area contributed by atoms with Gasteiger partial charge in [0.2, 0.25) is 5.91 Å². The zero-order valence-electron chi connectivity index (χ0n) is 11.4. The summed E-state index contributed by atoms with van der Waals surface area (Å²) in [6, 6.07) is 2.38. The minimum atomic E-state index is 0.0598. The number of hydrogen-bond acceptors (Lipinski definition) is 5. The largest absolute Gasteiger partial charge is 0.338 e. The Morgan fingerprint density at radius 1 is 1.40 bits per heavy atom. The average Bonchev–Trinajstić information content (AvgIpc) is 2.94. The predicted octanol–water partition coefficient (Wildman–Crippen LogP) is -0.154. The molecule has 0 N–H and O–H groups in total. The van der Waals surface area contributed by atoms with E-state index in [2.05, 4.69) is 15.0 Å². The molecular weight excluding hydrogens is 256 g/mol. The van der Waals surface area contributed by atoms with Crippen molar-refractivity contribution in [2.45, 2.75) is 31.8 Å². The molecule has 0 radical (unpaired) electrons. The quantitative estimate of drug-likeness (QED) is 0.749. The van der Waals surface area contributed by atoms with Crippen LogP contribution in [0.5, 0.6) is 0 Å². The first kappa shape index (κ1) is 13.1. The normalized spacial score (nSPS) is 23.1. The van der Waals surface area contributed by atoms with Crippen LogP contribution in [-0.2, 0) is 11.3 Å². The third-order valence-electron chi connectivity index (χ3n) is 4.12. The van der Waals surface area contributed by atoms with Crippen LogP contribution in [0.2, 0.25) is 0 Å². The van der Waals surface area contributed by atoms with Crippen molar-refractivity contribution in [1.82, 2.24) is 24.6 Å². The van der Waals surface area contributed by atoms with Gasteiger partial charge in [-0.25, -0.2) is 9.67 Å². The van der Waals surface area contributed by atoms with Crippen LogP contribution in [0.4, 0.5) is 0 Å². The van der Waals surface area contributed by atoms with Crippen molar-refractivity contribution in [3.8, 4) is 6.07 Å². The summed E-state index contributed by atoms with van der Waals surface area (Å²) in [5.74, 6) is 0.166. The summed E-state index contributed by atoms with van der Waals surface area (Å²) < 4.78 is 1.44. The minimum absolute atomic E-state index is 0.0598. The first-order chi connectivity index (χ1) is 9.76. The van der Waals surface area contributed by atoms with Crippen molar-refractivity contribution in [2.24, 2.45) is 0 Å². The fourth-order valence-electron chi connectivity index (χ4n) is 3.04. The Balaban J connectivity index is 1.59. The van der Waals surface area contributed by atoms with E-state index in [1.165, 1.54) is 36.8 Å². The van der Waals surface area contributed by atoms with E-state index in [-0.39, 0.29) is 18.3 Å². The van der Waals surface area contributed by atoms with Crippen molar-refractivity contribution in [3.63, 3.8) is 0 Å². The Bertz CT molecular complexity index is 533. The van der Waals surface area contributed by atoms with Gasteiger partial charge in [0.25, 0.3) is 5.82 Å². The number of fused-ring (bicyclic) bond motifs is 1. The maximum atomic E-state index is 12.3. The Hall–Kier alpha value is -1.94. The fraction of sp³-hybridized carbons (Fsp3) is 0.692. The van der Waals surface area contributed by atoms with E-state index in [1.807, 2.05) is 11.0 Å². The standard InChI is InChI=1S/C13H18N6O/c14-7-12-15-10-19(16-12)9-13(20)18-6-5-17-4-2-1-3-11(17)8-18/h10-11H,1-6,8-9H2. The lowest BCUT2D eigenvalue weighted by atomic mass is 9.99. The van der Waals surface area contributed by atoms with Gasteiger partial charge >= 0.3 is 0 Å². The molecule has 20 heavy (non-hydrogen) atoms. The SMILES string of the molecule is N#Cc1ncn(CC(=O)N2CCN3CCCCC3C2)n1. The fourth-order valence-corrected chi connectivity index (χ4v) is 3.04. The topological polar surface area (TPSA) is 78.0 Å². The third-order valence-corrected chi connectivity index (χ3v) is 4.12. The van der Waals surface area contributed by atoms with Gasteiger partial charge < -0.3 is 4.90 Å². The van der Waals surface area contributed by atoms with Crippen LogP contribution >= 0.6 is 0 Å². The Labute approximate surface area is 117 Å². The van der Waals surface area contributed by atoms with Crippen molar-refractivity contribution in [2.75, 3.05) is 26.2 Å². The lowest BCUT2D eigenvalue weighted by Crippen LogP contribution is -2.56. The molecule has 0 aromatic carbocycles. The number of hydrogen-bond donors (Lipinski definition) is 0. The maximum Gasteiger partial charge on any atom is 0.252 e. The summed E-state index contributed by atoms with van der Waals surface area (Å²) in [6.45, 7) is 3.91. The zero-order chi connectivity index (χ0) is 13.9. The zero-order valence-corrected chi connectivity index (χ0v) is 11.4. The molecule has 1 unspecified atom stereocenters. The lowest BCUT2D eigenvalue weighted by Gasteiger charge is -2.44. The number of nitrogens with zero attached hydrogens (tertiary/aromatic N) is 6. The van der Waals surface area contributed by atoms with Gasteiger partial charge in [-0.05, 0) is 19.4 Å². The Morgan fingerprint density at radius 2 is 2.30 bits per heavy atom. The number of amides is 1. The van der Waals surface area contributed by atoms with Crippen molar-refractivity contribution >= 4 is 5.91 Å². The number of carbonyl (C=O) groups excluding carboxylic acids is 1. The second kappa shape index (κ2) is 5.59. The maximum absolute atomic E-state index is 12.3. The van der Waals surface area contributed by atoms with E-state index < -0.39 is 0 Å². The second-order valence-electron chi connectivity index (χ2n) is 5.40. The van der Waals surface area contributed by atoms with Gasteiger partial charge in [-0.15, -0.1) is 5.10 Å². The molecule has 7 heteroatoms. The van der Waals surface area contributed by atoms with Gasteiger partial charge in [-0.2, -0.15) is 5.26 Å². The summed E-state index contributed by atoms with van der Waals surface area (Å²) in [6.07, 6.45) is 5.16. The monoisotopic (exact) mass is 274 g/mol. The van der Waals surface area contributed by atoms with E-state index in [0.717, 1.165) is 19.6 Å². The minimum Gasteiger partial charge on any atom is -0.338 e. The highest BCUT2D eigenvalue weighted by molar-refractivity contribution is 5.76. The molecule has 2 aliphatic rings. The third kappa shape index (κ3) is 2.65. The van der Waals surface area contributed by atoms with Crippen LogP contribution in [-0.4, -0.2) is 62.7 Å². The van der Waals surface area contributed by atoms with Gasteiger partial charge in [0.05, 0.1) is 0 Å². The summed E-state index contributed by atoms with van der Waals surface area (Å²) in [7, 11) is 0. The molecule has 2 fully saturated rings. The van der Waals surface area contributed by atoms with Gasteiger partial charge in [-0.3, -0.25) is 9.69 Å². The molecular formula is C13H18N6O. The number of piperidine rings is 1. The highest BCUT2D eigenvalue weighted by Gasteiger charge is 2.30. The molecule has 1 aromatic rings. The second-order valence-corrected chi connectivity index (χ2v) is 5.40. The van der Waals surface area contributed by atoms with Gasteiger partial charge in [0.15, 0.2) is 0 Å². The number of rotatable bonds is 2. The van der Waals surface area contributed by atoms with Crippen LogP contribution < -0.4 is 0 Å². The number of piperazine rings is 1. The molecule has 1 atom stereocenters. The number of aromatic nitrogens is 3. The van der Waals surface area contributed by atoms with Crippen molar-refractivity contribution in [3.05, 3.63) is 12.2 Å². The summed E-state index contributed by atoms with van der Waals surface area (Å²) in [4.78, 5) is 20.5. The molecule has 2 aliphatic heterocycles. The molecule has 7 nitrogen and oxygen atoms in total. The molecule has 1 amide bonds. The summed E-state index contributed by atoms with van der Waals surface area (Å²) in [5, 5.41) is 12.6. The molecule has 0 saturated carbocycles. The van der Waals surface area contributed by atoms with E-state index in [9.17, 15) is 4.79 Å². The van der Waals surface area contributed by atoms with Crippen LogP contribution in [0, 0.1) is 11.3 Å².